The molecule has 2 N–H and O–H groups in total. The summed E-state index contributed by atoms with van der Waals surface area (Å²) in [5, 5.41) is 10.3. The van der Waals surface area contributed by atoms with Gasteiger partial charge in [-0.05, 0) is 11.6 Å². The Kier molecular flexibility index (Phi) is 2.91. The Morgan fingerprint density at radius 1 is 1.08 bits per heavy atom. The van der Waals surface area contributed by atoms with Crippen LogP contribution >= 0.6 is 0 Å². The standard InChI is InChI=1S/C15H14N10/c1-23-8-11(4-18-23)12-5-16-14-15(20-12)25(22-21-14)7-10-2-3-13-17-9-19-24(13)6-10/h2-6,8-9,22H,7H2,1H3,(H,16,21). The zero-order valence-corrected chi connectivity index (χ0v) is 13.3. The predicted molar refractivity (Wildman–Crippen MR) is 90.2 cm³/mol. The van der Waals surface area contributed by atoms with E-state index in [9.17, 15) is 0 Å². The van der Waals surface area contributed by atoms with Crippen molar-refractivity contribution in [2.45, 2.75) is 6.54 Å². The quantitative estimate of drug-likeness (QED) is 0.567. The van der Waals surface area contributed by atoms with Crippen molar-refractivity contribution < 1.29 is 0 Å². The van der Waals surface area contributed by atoms with Crippen LogP contribution in [0.2, 0.25) is 0 Å². The Morgan fingerprint density at radius 2 is 2.04 bits per heavy atom. The van der Waals surface area contributed by atoms with E-state index in [1.165, 1.54) is 6.33 Å². The van der Waals surface area contributed by atoms with E-state index in [0.29, 0.717) is 12.4 Å². The van der Waals surface area contributed by atoms with E-state index in [1.54, 1.807) is 21.6 Å². The van der Waals surface area contributed by atoms with Crippen LogP contribution in [0.25, 0.3) is 16.9 Å². The zero-order chi connectivity index (χ0) is 16.8. The molecule has 10 heteroatoms. The lowest BCUT2D eigenvalue weighted by molar-refractivity contribution is 0.713. The first-order valence-electron chi connectivity index (χ1n) is 7.70. The summed E-state index contributed by atoms with van der Waals surface area (Å²) in [6, 6.07) is 3.95. The van der Waals surface area contributed by atoms with Gasteiger partial charge in [-0.2, -0.15) is 10.2 Å². The number of anilines is 2. The smallest absolute Gasteiger partial charge is 0.190 e. The lowest BCUT2D eigenvalue weighted by Gasteiger charge is -2.16. The summed E-state index contributed by atoms with van der Waals surface area (Å²) < 4.78 is 3.49. The second-order valence-electron chi connectivity index (χ2n) is 5.75. The summed E-state index contributed by atoms with van der Waals surface area (Å²) in [5.74, 6) is 1.43. The van der Waals surface area contributed by atoms with Crippen LogP contribution in [0, 0.1) is 0 Å². The molecule has 0 spiro atoms. The number of fused-ring (bicyclic) bond motifs is 2. The van der Waals surface area contributed by atoms with E-state index < -0.39 is 0 Å². The van der Waals surface area contributed by atoms with E-state index in [4.69, 9.17) is 4.98 Å². The number of hydrogen-bond donors (Lipinski definition) is 2. The number of nitrogens with one attached hydrogen (secondary N) is 2. The van der Waals surface area contributed by atoms with Crippen molar-refractivity contribution in [1.82, 2.24) is 39.9 Å². The van der Waals surface area contributed by atoms with Gasteiger partial charge in [-0.25, -0.2) is 19.5 Å². The lowest BCUT2D eigenvalue weighted by Crippen LogP contribution is -2.35. The first kappa shape index (κ1) is 13.9. The minimum absolute atomic E-state index is 0.598. The van der Waals surface area contributed by atoms with Crippen molar-refractivity contribution in [3.63, 3.8) is 0 Å². The second kappa shape index (κ2) is 5.24. The number of hydrogen-bond acceptors (Lipinski definition) is 8. The molecule has 25 heavy (non-hydrogen) atoms. The van der Waals surface area contributed by atoms with E-state index in [2.05, 4.69) is 31.1 Å². The first-order valence-corrected chi connectivity index (χ1v) is 7.70. The molecule has 124 valence electrons. The molecule has 1 aliphatic heterocycles. The maximum Gasteiger partial charge on any atom is 0.190 e. The predicted octanol–water partition coefficient (Wildman–Crippen LogP) is 0.771. The van der Waals surface area contributed by atoms with Crippen molar-refractivity contribution in [1.29, 1.82) is 0 Å². The Morgan fingerprint density at radius 3 is 2.92 bits per heavy atom. The molecular weight excluding hydrogens is 320 g/mol. The van der Waals surface area contributed by atoms with Gasteiger partial charge in [0.05, 0.1) is 24.6 Å². The molecule has 0 aromatic carbocycles. The minimum Gasteiger partial charge on any atom is -0.285 e. The normalized spacial score (nSPS) is 13.2. The third-order valence-electron chi connectivity index (χ3n) is 4.00. The molecule has 0 unspecified atom stereocenters. The van der Waals surface area contributed by atoms with Crippen molar-refractivity contribution >= 4 is 17.3 Å². The molecule has 5 heterocycles. The van der Waals surface area contributed by atoms with Crippen LogP contribution in [0.3, 0.4) is 0 Å². The molecule has 0 aliphatic carbocycles. The number of aromatic nitrogens is 7. The molecule has 4 aromatic heterocycles. The highest BCUT2D eigenvalue weighted by Gasteiger charge is 2.23. The molecule has 0 saturated carbocycles. The molecule has 4 aromatic rings. The van der Waals surface area contributed by atoms with Crippen LogP contribution in [0.15, 0.2) is 43.2 Å². The largest absolute Gasteiger partial charge is 0.285 e. The average Bonchev–Trinajstić information content (AvgIpc) is 3.34. The molecule has 0 amide bonds. The maximum absolute atomic E-state index is 4.72. The summed E-state index contributed by atoms with van der Waals surface area (Å²) in [6.45, 7) is 0.598. The van der Waals surface area contributed by atoms with Gasteiger partial charge in [0, 0.05) is 25.0 Å². The Bertz CT molecular complexity index is 1070. The maximum atomic E-state index is 4.72. The SMILES string of the molecule is Cn1cc(-c2cnc3c(n2)N(Cc2ccc4ncnn4c2)NN3)cn1. The summed E-state index contributed by atoms with van der Waals surface area (Å²) >= 11 is 0. The van der Waals surface area contributed by atoms with Crippen molar-refractivity contribution in [3.8, 4) is 11.3 Å². The number of rotatable bonds is 3. The van der Waals surface area contributed by atoms with Crippen LogP contribution in [0.5, 0.6) is 0 Å². The Hall–Kier alpha value is -3.53. The van der Waals surface area contributed by atoms with Crippen molar-refractivity contribution in [2.75, 3.05) is 10.4 Å². The fraction of sp³-hybridized carbons (Fsp3) is 0.133. The van der Waals surface area contributed by atoms with Crippen LogP contribution in [-0.4, -0.2) is 34.3 Å². The van der Waals surface area contributed by atoms with E-state index in [1.807, 2.05) is 36.6 Å². The van der Waals surface area contributed by atoms with E-state index >= 15 is 0 Å². The van der Waals surface area contributed by atoms with Gasteiger partial charge in [-0.15, -0.1) is 5.53 Å². The molecule has 1 aliphatic rings. The average molecular weight is 334 g/mol. The van der Waals surface area contributed by atoms with Crippen LogP contribution < -0.4 is 16.0 Å². The van der Waals surface area contributed by atoms with Gasteiger partial charge in [-0.1, -0.05) is 6.07 Å². The third-order valence-corrected chi connectivity index (χ3v) is 4.00. The molecule has 0 fully saturated rings. The zero-order valence-electron chi connectivity index (χ0n) is 13.3. The molecule has 0 saturated heterocycles. The highest BCUT2D eigenvalue weighted by Crippen LogP contribution is 2.28. The molecule has 5 rings (SSSR count). The topological polar surface area (TPSA) is 101 Å². The van der Waals surface area contributed by atoms with Gasteiger partial charge in [0.2, 0.25) is 0 Å². The third kappa shape index (κ3) is 2.35. The van der Waals surface area contributed by atoms with Crippen LogP contribution in [0.1, 0.15) is 5.56 Å². The van der Waals surface area contributed by atoms with E-state index in [0.717, 1.165) is 28.3 Å². The molecule has 0 bridgehead atoms. The molecular formula is C15H14N10. The fourth-order valence-electron chi connectivity index (χ4n) is 2.77. The number of hydrazine groups is 2. The number of pyridine rings is 1. The lowest BCUT2D eigenvalue weighted by atomic mass is 10.2. The fourth-order valence-corrected chi connectivity index (χ4v) is 2.77. The van der Waals surface area contributed by atoms with Gasteiger partial charge in [-0.3, -0.25) is 15.1 Å². The summed E-state index contributed by atoms with van der Waals surface area (Å²) in [5.41, 5.74) is 9.70. The van der Waals surface area contributed by atoms with Crippen LogP contribution in [0.4, 0.5) is 11.6 Å². The summed E-state index contributed by atoms with van der Waals surface area (Å²) in [4.78, 5) is 13.3. The van der Waals surface area contributed by atoms with Gasteiger partial charge < -0.3 is 0 Å². The molecule has 0 atom stereocenters. The summed E-state index contributed by atoms with van der Waals surface area (Å²) in [6.07, 6.45) is 8.90. The monoisotopic (exact) mass is 334 g/mol. The highest BCUT2D eigenvalue weighted by atomic mass is 15.7. The van der Waals surface area contributed by atoms with Gasteiger partial charge >= 0.3 is 0 Å². The van der Waals surface area contributed by atoms with Crippen molar-refractivity contribution in [3.05, 3.63) is 48.8 Å². The number of nitrogens with zero attached hydrogens (tertiary/aromatic N) is 8. The highest BCUT2D eigenvalue weighted by molar-refractivity contribution is 5.69. The minimum atomic E-state index is 0.598. The van der Waals surface area contributed by atoms with Gasteiger partial charge in [0.15, 0.2) is 17.3 Å². The van der Waals surface area contributed by atoms with E-state index in [-0.39, 0.29) is 0 Å². The van der Waals surface area contributed by atoms with Crippen LogP contribution in [-0.2, 0) is 13.6 Å². The van der Waals surface area contributed by atoms with Crippen molar-refractivity contribution in [2.24, 2.45) is 7.05 Å². The number of aryl methyl sites for hydroxylation is 1. The molecule has 0 radical (unpaired) electrons. The first-order chi connectivity index (χ1) is 12.3. The molecule has 10 nitrogen and oxygen atoms in total. The van der Waals surface area contributed by atoms with Gasteiger partial charge in [0.1, 0.15) is 6.33 Å². The Balaban J connectivity index is 1.47. The second-order valence-corrected chi connectivity index (χ2v) is 5.75. The summed E-state index contributed by atoms with van der Waals surface area (Å²) in [7, 11) is 1.87. The Labute approximate surface area is 142 Å². The van der Waals surface area contributed by atoms with Gasteiger partial charge in [0.25, 0.3) is 0 Å².